The second-order valence-electron chi connectivity index (χ2n) is 9.63. The number of ether oxygens (including phenoxy) is 2. The zero-order chi connectivity index (χ0) is 28.2. The maximum absolute atomic E-state index is 14.6. The van der Waals surface area contributed by atoms with E-state index in [-0.39, 0.29) is 18.0 Å². The third-order valence-corrected chi connectivity index (χ3v) is 7.22. The average molecular weight is 542 g/mol. The number of carbonyl (C=O) groups is 2. The summed E-state index contributed by atoms with van der Waals surface area (Å²) in [5, 5.41) is 0. The summed E-state index contributed by atoms with van der Waals surface area (Å²) in [7, 11) is 3.18. The Hall–Kier alpha value is -4.59. The van der Waals surface area contributed by atoms with E-state index in [0.29, 0.717) is 30.2 Å². The van der Waals surface area contributed by atoms with Crippen LogP contribution in [-0.4, -0.2) is 48.6 Å². The molecule has 40 heavy (non-hydrogen) atoms. The van der Waals surface area contributed by atoms with Gasteiger partial charge in [-0.2, -0.15) is 0 Å². The number of hydrogen-bond acceptors (Lipinski definition) is 4. The van der Waals surface area contributed by atoms with Crippen LogP contribution in [0.2, 0.25) is 0 Å². The summed E-state index contributed by atoms with van der Waals surface area (Å²) in [5.74, 6) is -0.193. The highest BCUT2D eigenvalue weighted by molar-refractivity contribution is 6.02. The summed E-state index contributed by atoms with van der Waals surface area (Å²) in [6, 6.07) is 22.4. The average Bonchev–Trinajstić information content (AvgIpc) is 3.48. The molecular formula is C32H32FN3O4. The molecule has 0 fully saturated rings. The topological polar surface area (TPSA) is 64.0 Å². The summed E-state index contributed by atoms with van der Waals surface area (Å²) < 4.78 is 27.9. The molecule has 5 rings (SSSR count). The molecule has 7 nitrogen and oxygen atoms in total. The highest BCUT2D eigenvalue weighted by Crippen LogP contribution is 2.45. The molecule has 1 unspecified atom stereocenters. The van der Waals surface area contributed by atoms with Gasteiger partial charge in [-0.05, 0) is 61.0 Å². The monoisotopic (exact) mass is 541 g/mol. The molecule has 2 heterocycles. The number of methoxy groups -OCH3 is 2. The van der Waals surface area contributed by atoms with Crippen molar-refractivity contribution in [2.75, 3.05) is 32.2 Å². The number of unbranched alkanes of at least 4 members (excludes halogenated alkanes) is 1. The molecule has 3 aromatic carbocycles. The van der Waals surface area contributed by atoms with E-state index in [0.717, 1.165) is 23.4 Å². The second kappa shape index (κ2) is 11.7. The number of carbonyl (C=O) groups excluding carboxylic acids is 2. The van der Waals surface area contributed by atoms with Crippen molar-refractivity contribution in [2.24, 2.45) is 0 Å². The molecule has 4 aromatic rings. The second-order valence-corrected chi connectivity index (χ2v) is 9.63. The molecular weight excluding hydrogens is 509 g/mol. The predicted molar refractivity (Wildman–Crippen MR) is 152 cm³/mol. The maximum Gasteiger partial charge on any atom is 0.257 e. The lowest BCUT2D eigenvalue weighted by molar-refractivity contribution is -0.119. The molecule has 0 spiro atoms. The molecule has 0 bridgehead atoms. The van der Waals surface area contributed by atoms with E-state index in [2.05, 4.69) is 4.57 Å². The lowest BCUT2D eigenvalue weighted by Crippen LogP contribution is -2.47. The van der Waals surface area contributed by atoms with Crippen LogP contribution >= 0.6 is 0 Å². The number of halogens is 1. The fourth-order valence-corrected chi connectivity index (χ4v) is 5.25. The molecule has 1 aliphatic rings. The Morgan fingerprint density at radius 2 is 1.68 bits per heavy atom. The van der Waals surface area contributed by atoms with E-state index in [1.54, 1.807) is 31.3 Å². The number of nitrogens with zero attached hydrogens (tertiary/aromatic N) is 3. The van der Waals surface area contributed by atoms with E-state index in [1.165, 1.54) is 17.0 Å². The molecule has 0 saturated carbocycles. The molecule has 8 heteroatoms. The summed E-state index contributed by atoms with van der Waals surface area (Å²) >= 11 is 0. The molecule has 2 amide bonds. The number of benzene rings is 3. The van der Waals surface area contributed by atoms with Gasteiger partial charge in [-0.1, -0.05) is 37.6 Å². The Bertz CT molecular complexity index is 1530. The summed E-state index contributed by atoms with van der Waals surface area (Å²) in [4.78, 5) is 31.0. The quantitative estimate of drug-likeness (QED) is 0.260. The van der Waals surface area contributed by atoms with Crippen LogP contribution in [0.5, 0.6) is 11.5 Å². The van der Waals surface area contributed by atoms with Crippen molar-refractivity contribution in [3.05, 3.63) is 108 Å². The molecule has 206 valence electrons. The van der Waals surface area contributed by atoms with Crippen molar-refractivity contribution in [2.45, 2.75) is 25.8 Å². The zero-order valence-corrected chi connectivity index (χ0v) is 22.8. The largest absolute Gasteiger partial charge is 0.497 e. The summed E-state index contributed by atoms with van der Waals surface area (Å²) in [6.07, 6.45) is 3.46. The number of amides is 2. The zero-order valence-electron chi connectivity index (χ0n) is 22.8. The van der Waals surface area contributed by atoms with E-state index in [1.807, 2.05) is 67.7 Å². The van der Waals surface area contributed by atoms with Gasteiger partial charge in [-0.3, -0.25) is 14.5 Å². The molecule has 0 N–H and O–H groups in total. The molecule has 1 aromatic heterocycles. The normalized spacial score (nSPS) is 13.8. The first-order chi connectivity index (χ1) is 19.5. The van der Waals surface area contributed by atoms with Crippen LogP contribution in [0.3, 0.4) is 0 Å². The van der Waals surface area contributed by atoms with Crippen LogP contribution < -0.4 is 14.4 Å². The van der Waals surface area contributed by atoms with Gasteiger partial charge < -0.3 is 18.9 Å². The summed E-state index contributed by atoms with van der Waals surface area (Å²) in [5.41, 5.74) is 3.09. The van der Waals surface area contributed by atoms with Gasteiger partial charge in [0.2, 0.25) is 5.91 Å². The van der Waals surface area contributed by atoms with Gasteiger partial charge in [0.15, 0.2) is 0 Å². The van der Waals surface area contributed by atoms with Gasteiger partial charge >= 0.3 is 0 Å². The minimum absolute atomic E-state index is 0.0506. The lowest BCUT2D eigenvalue weighted by Gasteiger charge is -2.40. The number of rotatable bonds is 9. The number of aromatic nitrogens is 1. The highest BCUT2D eigenvalue weighted by atomic mass is 19.1. The third-order valence-electron chi connectivity index (χ3n) is 7.22. The van der Waals surface area contributed by atoms with Gasteiger partial charge in [-0.15, -0.1) is 0 Å². The third kappa shape index (κ3) is 4.93. The molecule has 0 saturated heterocycles. The van der Waals surface area contributed by atoms with E-state index >= 15 is 0 Å². The van der Waals surface area contributed by atoms with Crippen molar-refractivity contribution in [3.8, 4) is 17.2 Å². The molecule has 0 aliphatic carbocycles. The Morgan fingerprint density at radius 3 is 2.40 bits per heavy atom. The van der Waals surface area contributed by atoms with Crippen molar-refractivity contribution in [1.29, 1.82) is 0 Å². The van der Waals surface area contributed by atoms with Crippen molar-refractivity contribution >= 4 is 17.5 Å². The van der Waals surface area contributed by atoms with Crippen molar-refractivity contribution in [3.63, 3.8) is 0 Å². The Morgan fingerprint density at radius 1 is 0.925 bits per heavy atom. The van der Waals surface area contributed by atoms with Gasteiger partial charge in [-0.25, -0.2) is 4.39 Å². The number of para-hydroxylation sites is 2. The van der Waals surface area contributed by atoms with Crippen LogP contribution in [0.15, 0.2) is 85.1 Å². The van der Waals surface area contributed by atoms with Gasteiger partial charge in [0.05, 0.1) is 36.9 Å². The minimum Gasteiger partial charge on any atom is -0.497 e. The van der Waals surface area contributed by atoms with E-state index < -0.39 is 17.8 Å². The first-order valence-electron chi connectivity index (χ1n) is 13.3. The summed E-state index contributed by atoms with van der Waals surface area (Å²) in [6.45, 7) is 2.12. The highest BCUT2D eigenvalue weighted by Gasteiger charge is 2.38. The Labute approximate surface area is 233 Å². The standard InChI is InChI=1S/C32H32FN3O4/c1-4-5-18-34(32(38)23-11-6-7-12-25(23)33)21-30(37)36-27-14-9-8-13-26(27)35-19-10-15-28(35)31(36)24-20-22(39-2)16-17-29(24)40-3/h6-17,19-20,31H,4-5,18,21H2,1-3H3. The molecule has 1 aliphatic heterocycles. The Kier molecular flexibility index (Phi) is 7.86. The van der Waals surface area contributed by atoms with E-state index in [4.69, 9.17) is 9.47 Å². The lowest BCUT2D eigenvalue weighted by atomic mass is 9.96. The predicted octanol–water partition coefficient (Wildman–Crippen LogP) is 6.01. The van der Waals surface area contributed by atoms with Crippen LogP contribution in [0.4, 0.5) is 10.1 Å². The van der Waals surface area contributed by atoms with Crippen LogP contribution in [0, 0.1) is 5.82 Å². The molecule has 0 radical (unpaired) electrons. The fraction of sp³-hybridized carbons (Fsp3) is 0.250. The molecule has 1 atom stereocenters. The fourth-order valence-electron chi connectivity index (χ4n) is 5.25. The van der Waals surface area contributed by atoms with Gasteiger partial charge in [0, 0.05) is 18.3 Å². The minimum atomic E-state index is -0.610. The van der Waals surface area contributed by atoms with Crippen LogP contribution in [0.25, 0.3) is 5.69 Å². The van der Waals surface area contributed by atoms with Gasteiger partial charge in [0.25, 0.3) is 5.91 Å². The number of fused-ring (bicyclic) bond motifs is 3. The van der Waals surface area contributed by atoms with E-state index in [9.17, 15) is 14.0 Å². The van der Waals surface area contributed by atoms with Crippen molar-refractivity contribution in [1.82, 2.24) is 9.47 Å². The smallest absolute Gasteiger partial charge is 0.257 e. The maximum atomic E-state index is 14.6. The first kappa shape index (κ1) is 27.0. The Balaban J connectivity index is 1.61. The van der Waals surface area contributed by atoms with Crippen LogP contribution in [0.1, 0.15) is 47.4 Å². The number of hydrogen-bond donors (Lipinski definition) is 0. The number of anilines is 1. The van der Waals surface area contributed by atoms with Gasteiger partial charge in [0.1, 0.15) is 29.9 Å². The van der Waals surface area contributed by atoms with Crippen molar-refractivity contribution < 1.29 is 23.5 Å². The SMILES string of the molecule is CCCCN(CC(=O)N1c2ccccc2-n2cccc2C1c1cc(OC)ccc1OC)C(=O)c1ccccc1F. The first-order valence-corrected chi connectivity index (χ1v) is 13.3. The van der Waals surface area contributed by atoms with Crippen LogP contribution in [-0.2, 0) is 4.79 Å².